The van der Waals surface area contributed by atoms with Crippen molar-refractivity contribution in [3.8, 4) is 11.5 Å². The molecule has 3 aromatic rings. The Bertz CT molecular complexity index is 837. The van der Waals surface area contributed by atoms with Crippen LogP contribution in [0.25, 0.3) is 10.9 Å². The van der Waals surface area contributed by atoms with Gasteiger partial charge in [0.05, 0.1) is 18.2 Å². The van der Waals surface area contributed by atoms with Gasteiger partial charge in [-0.1, -0.05) is 18.2 Å². The number of nitrogens with zero attached hydrogens (tertiary/aromatic N) is 1. The van der Waals surface area contributed by atoms with Gasteiger partial charge in [0.15, 0.2) is 0 Å². The maximum atomic E-state index is 11.8. The van der Waals surface area contributed by atoms with Crippen LogP contribution in [0, 0.1) is 6.92 Å². The highest BCUT2D eigenvalue weighted by atomic mass is 16.5. The first-order chi connectivity index (χ1) is 10.7. The zero-order valence-corrected chi connectivity index (χ0v) is 12.4. The zero-order chi connectivity index (χ0) is 15.5. The molecule has 0 aliphatic carbocycles. The molecule has 0 bridgehead atoms. The van der Waals surface area contributed by atoms with E-state index in [4.69, 9.17) is 9.47 Å². The highest BCUT2D eigenvalue weighted by Gasteiger charge is 2.14. The molecule has 0 amide bonds. The SMILES string of the molecule is COC(=O)c1cccc(Oc2ccnc3ccccc23)c1C. The van der Waals surface area contributed by atoms with Crippen molar-refractivity contribution in [3.63, 3.8) is 0 Å². The Labute approximate surface area is 128 Å². The lowest BCUT2D eigenvalue weighted by Gasteiger charge is -2.12. The van der Waals surface area contributed by atoms with Crippen LogP contribution in [0.15, 0.2) is 54.7 Å². The molecule has 4 nitrogen and oxygen atoms in total. The Kier molecular flexibility index (Phi) is 3.74. The highest BCUT2D eigenvalue weighted by molar-refractivity contribution is 5.92. The molecule has 22 heavy (non-hydrogen) atoms. The number of ether oxygens (including phenoxy) is 2. The number of carbonyl (C=O) groups is 1. The maximum absolute atomic E-state index is 11.8. The Morgan fingerprint density at radius 3 is 2.64 bits per heavy atom. The Hall–Kier alpha value is -2.88. The number of carbonyl (C=O) groups excluding carboxylic acids is 1. The normalized spacial score (nSPS) is 10.5. The number of para-hydroxylation sites is 1. The molecule has 4 heteroatoms. The van der Waals surface area contributed by atoms with Crippen LogP contribution in [0.3, 0.4) is 0 Å². The molecule has 0 saturated carbocycles. The minimum absolute atomic E-state index is 0.373. The van der Waals surface area contributed by atoms with Gasteiger partial charge in [-0.2, -0.15) is 0 Å². The van der Waals surface area contributed by atoms with Gasteiger partial charge in [0.2, 0.25) is 0 Å². The van der Waals surface area contributed by atoms with E-state index in [1.165, 1.54) is 7.11 Å². The second-order valence-corrected chi connectivity index (χ2v) is 4.85. The number of hydrogen-bond acceptors (Lipinski definition) is 4. The van der Waals surface area contributed by atoms with Gasteiger partial charge in [0, 0.05) is 17.1 Å². The van der Waals surface area contributed by atoms with Crippen molar-refractivity contribution in [1.82, 2.24) is 4.98 Å². The lowest BCUT2D eigenvalue weighted by atomic mass is 10.1. The van der Waals surface area contributed by atoms with Crippen LogP contribution in [0.1, 0.15) is 15.9 Å². The average Bonchev–Trinajstić information content (AvgIpc) is 2.56. The molecular formula is C18H15NO3. The van der Waals surface area contributed by atoms with E-state index in [0.29, 0.717) is 17.1 Å². The van der Waals surface area contributed by atoms with Crippen molar-refractivity contribution in [2.75, 3.05) is 7.11 Å². The summed E-state index contributed by atoms with van der Waals surface area (Å²) in [7, 11) is 1.37. The molecule has 110 valence electrons. The topological polar surface area (TPSA) is 48.4 Å². The van der Waals surface area contributed by atoms with E-state index >= 15 is 0 Å². The van der Waals surface area contributed by atoms with E-state index in [2.05, 4.69) is 4.98 Å². The van der Waals surface area contributed by atoms with Crippen LogP contribution >= 0.6 is 0 Å². The number of hydrogen-bond donors (Lipinski definition) is 0. The lowest BCUT2D eigenvalue weighted by molar-refractivity contribution is 0.0599. The number of rotatable bonds is 3. The van der Waals surface area contributed by atoms with E-state index in [1.807, 2.05) is 43.3 Å². The summed E-state index contributed by atoms with van der Waals surface area (Å²) in [6, 6.07) is 14.9. The summed E-state index contributed by atoms with van der Waals surface area (Å²) in [6.07, 6.45) is 1.71. The van der Waals surface area contributed by atoms with E-state index in [0.717, 1.165) is 16.5 Å². The molecule has 0 saturated heterocycles. The molecule has 2 aromatic carbocycles. The number of benzene rings is 2. The van der Waals surface area contributed by atoms with Gasteiger partial charge < -0.3 is 9.47 Å². The number of pyridine rings is 1. The second-order valence-electron chi connectivity index (χ2n) is 4.85. The van der Waals surface area contributed by atoms with Crippen LogP contribution in [-0.4, -0.2) is 18.1 Å². The summed E-state index contributed by atoms with van der Waals surface area (Å²) in [6.45, 7) is 1.84. The second kappa shape index (κ2) is 5.85. The lowest BCUT2D eigenvalue weighted by Crippen LogP contribution is -2.04. The van der Waals surface area contributed by atoms with Gasteiger partial charge in [0.25, 0.3) is 0 Å². The van der Waals surface area contributed by atoms with Gasteiger partial charge in [-0.25, -0.2) is 4.79 Å². The van der Waals surface area contributed by atoms with Crippen molar-refractivity contribution < 1.29 is 14.3 Å². The average molecular weight is 293 g/mol. The fourth-order valence-corrected chi connectivity index (χ4v) is 2.33. The molecule has 0 N–H and O–H groups in total. The third kappa shape index (κ3) is 2.51. The highest BCUT2D eigenvalue weighted by Crippen LogP contribution is 2.31. The minimum atomic E-state index is -0.373. The fourth-order valence-electron chi connectivity index (χ4n) is 2.33. The molecular weight excluding hydrogens is 278 g/mol. The summed E-state index contributed by atoms with van der Waals surface area (Å²) in [5.41, 5.74) is 2.11. The van der Waals surface area contributed by atoms with E-state index in [1.54, 1.807) is 18.3 Å². The molecule has 0 spiro atoms. The van der Waals surface area contributed by atoms with Gasteiger partial charge in [-0.3, -0.25) is 4.98 Å². The molecule has 1 aromatic heterocycles. The van der Waals surface area contributed by atoms with E-state index in [-0.39, 0.29) is 5.97 Å². The third-order valence-electron chi connectivity index (χ3n) is 3.52. The Morgan fingerprint density at radius 1 is 1.00 bits per heavy atom. The number of esters is 1. The monoisotopic (exact) mass is 293 g/mol. The van der Waals surface area contributed by atoms with Crippen LogP contribution in [0.5, 0.6) is 11.5 Å². The van der Waals surface area contributed by atoms with Gasteiger partial charge in [0.1, 0.15) is 11.5 Å². The summed E-state index contributed by atoms with van der Waals surface area (Å²) < 4.78 is 10.8. The number of methoxy groups -OCH3 is 1. The summed E-state index contributed by atoms with van der Waals surface area (Å²) in [5.74, 6) is 0.956. The van der Waals surface area contributed by atoms with Crippen LogP contribution in [0.4, 0.5) is 0 Å². The fraction of sp³-hybridized carbons (Fsp3) is 0.111. The molecule has 0 fully saturated rings. The van der Waals surface area contributed by atoms with Crippen molar-refractivity contribution in [2.24, 2.45) is 0 Å². The molecule has 0 unspecified atom stereocenters. The predicted molar refractivity (Wildman–Crippen MR) is 84.3 cm³/mol. The van der Waals surface area contributed by atoms with Crippen molar-refractivity contribution in [2.45, 2.75) is 6.92 Å². The molecule has 1 heterocycles. The third-order valence-corrected chi connectivity index (χ3v) is 3.52. The molecule has 0 aliphatic rings. The predicted octanol–water partition coefficient (Wildman–Crippen LogP) is 4.12. The summed E-state index contributed by atoms with van der Waals surface area (Å²) >= 11 is 0. The largest absolute Gasteiger partial charge is 0.465 e. The van der Waals surface area contributed by atoms with Crippen molar-refractivity contribution in [1.29, 1.82) is 0 Å². The molecule has 0 atom stereocenters. The van der Waals surface area contributed by atoms with Gasteiger partial charge in [-0.15, -0.1) is 0 Å². The Morgan fingerprint density at radius 2 is 1.82 bits per heavy atom. The first-order valence-electron chi connectivity index (χ1n) is 6.90. The van der Waals surface area contributed by atoms with Crippen molar-refractivity contribution >= 4 is 16.9 Å². The quantitative estimate of drug-likeness (QED) is 0.681. The van der Waals surface area contributed by atoms with Crippen LogP contribution in [-0.2, 0) is 4.74 Å². The van der Waals surface area contributed by atoms with E-state index < -0.39 is 0 Å². The van der Waals surface area contributed by atoms with Crippen molar-refractivity contribution in [3.05, 3.63) is 65.9 Å². The maximum Gasteiger partial charge on any atom is 0.338 e. The smallest absolute Gasteiger partial charge is 0.338 e. The van der Waals surface area contributed by atoms with Gasteiger partial charge in [-0.05, 0) is 37.3 Å². The number of aromatic nitrogens is 1. The van der Waals surface area contributed by atoms with Gasteiger partial charge >= 0.3 is 5.97 Å². The first-order valence-corrected chi connectivity index (χ1v) is 6.90. The summed E-state index contributed by atoms with van der Waals surface area (Å²) in [5, 5.41) is 0.924. The molecule has 3 rings (SSSR count). The van der Waals surface area contributed by atoms with Crippen LogP contribution in [0.2, 0.25) is 0 Å². The molecule has 0 aliphatic heterocycles. The van der Waals surface area contributed by atoms with E-state index in [9.17, 15) is 4.79 Å². The van der Waals surface area contributed by atoms with Crippen LogP contribution < -0.4 is 4.74 Å². The molecule has 0 radical (unpaired) electrons. The first kappa shape index (κ1) is 14.1. The standard InChI is InChI=1S/C18H15NO3/c1-12-13(18(20)21-2)7-5-9-16(12)22-17-10-11-19-15-8-4-3-6-14(15)17/h3-11H,1-2H3. The number of fused-ring (bicyclic) bond motifs is 1. The Balaban J connectivity index is 2.04. The minimum Gasteiger partial charge on any atom is -0.465 e. The zero-order valence-electron chi connectivity index (χ0n) is 12.4. The summed E-state index contributed by atoms with van der Waals surface area (Å²) in [4.78, 5) is 16.1.